The Morgan fingerprint density at radius 2 is 2.06 bits per heavy atom. The fourth-order valence-corrected chi connectivity index (χ4v) is 2.90. The van der Waals surface area contributed by atoms with Crippen molar-refractivity contribution in [3.8, 4) is 0 Å². The fraction of sp³-hybridized carbons (Fsp3) is 0.333. The molecule has 1 unspecified atom stereocenters. The van der Waals surface area contributed by atoms with Crippen LogP contribution in [0.1, 0.15) is 12.8 Å². The summed E-state index contributed by atoms with van der Waals surface area (Å²) in [6.07, 6.45) is 6.30. The minimum Gasteiger partial charge on any atom is -0.497 e. The highest BCUT2D eigenvalue weighted by Crippen LogP contribution is 2.30. The van der Waals surface area contributed by atoms with Crippen molar-refractivity contribution >= 4 is 37.5 Å². The van der Waals surface area contributed by atoms with Crippen molar-refractivity contribution in [3.05, 3.63) is 39.5 Å². The van der Waals surface area contributed by atoms with Crippen molar-refractivity contribution in [2.45, 2.75) is 18.9 Å². The lowest BCUT2D eigenvalue weighted by Gasteiger charge is -2.21. The van der Waals surface area contributed by atoms with Crippen molar-refractivity contribution in [3.63, 3.8) is 0 Å². The van der Waals surface area contributed by atoms with Crippen molar-refractivity contribution in [1.29, 1.82) is 0 Å². The number of halogens is 2. The second-order valence-electron chi connectivity index (χ2n) is 3.68. The molecule has 1 aromatic rings. The van der Waals surface area contributed by atoms with Crippen LogP contribution >= 0.6 is 31.9 Å². The van der Waals surface area contributed by atoms with Gasteiger partial charge in [-0.1, -0.05) is 6.07 Å². The molecule has 4 heteroatoms. The first kappa shape index (κ1) is 12.0. The average Bonchev–Trinajstić information content (AvgIpc) is 2.30. The molecule has 0 aliphatic carbocycles. The van der Waals surface area contributed by atoms with Gasteiger partial charge in [0.25, 0.3) is 0 Å². The van der Waals surface area contributed by atoms with Crippen LogP contribution in [0.3, 0.4) is 0 Å². The second kappa shape index (κ2) is 5.73. The van der Waals surface area contributed by atoms with E-state index in [1.54, 1.807) is 6.26 Å². The molecule has 2 rings (SSSR count). The maximum Gasteiger partial charge on any atom is 0.115 e. The van der Waals surface area contributed by atoms with E-state index in [-0.39, 0.29) is 6.10 Å². The molecule has 0 radical (unpaired) electrons. The Balaban J connectivity index is 1.96. The van der Waals surface area contributed by atoms with Crippen molar-refractivity contribution in [2.24, 2.45) is 0 Å². The number of ether oxygens (including phenoxy) is 1. The Hall–Kier alpha value is -0.480. The van der Waals surface area contributed by atoms with Gasteiger partial charge in [-0.05, 0) is 62.9 Å². The Kier molecular flexibility index (Phi) is 4.29. The van der Waals surface area contributed by atoms with Gasteiger partial charge in [-0.2, -0.15) is 0 Å². The van der Waals surface area contributed by atoms with E-state index in [1.165, 1.54) is 0 Å². The normalized spacial score (nSPS) is 19.2. The number of allylic oxidation sites excluding steroid dienone is 1. The van der Waals surface area contributed by atoms with E-state index in [0.717, 1.165) is 34.0 Å². The van der Waals surface area contributed by atoms with E-state index in [1.807, 2.05) is 18.2 Å². The Morgan fingerprint density at radius 1 is 1.31 bits per heavy atom. The van der Waals surface area contributed by atoms with Crippen LogP contribution in [-0.4, -0.2) is 12.6 Å². The first-order valence-corrected chi connectivity index (χ1v) is 6.84. The summed E-state index contributed by atoms with van der Waals surface area (Å²) >= 11 is 7.05. The van der Waals surface area contributed by atoms with Crippen LogP contribution in [0.15, 0.2) is 39.5 Å². The maximum atomic E-state index is 5.51. The first-order chi connectivity index (χ1) is 7.77. The molecular formula is C12H13Br2NO. The lowest BCUT2D eigenvalue weighted by molar-refractivity contribution is 0.135. The van der Waals surface area contributed by atoms with Gasteiger partial charge >= 0.3 is 0 Å². The fourth-order valence-electron chi connectivity index (χ4n) is 1.62. The summed E-state index contributed by atoms with van der Waals surface area (Å²) in [5.74, 6) is 0. The molecule has 1 aliphatic heterocycles. The van der Waals surface area contributed by atoms with E-state index in [9.17, 15) is 0 Å². The van der Waals surface area contributed by atoms with Crippen molar-refractivity contribution < 1.29 is 4.74 Å². The molecule has 1 heterocycles. The van der Waals surface area contributed by atoms with E-state index in [2.05, 4.69) is 43.3 Å². The largest absolute Gasteiger partial charge is 0.497 e. The number of para-hydroxylation sites is 1. The number of benzene rings is 1. The third-order valence-corrected chi connectivity index (χ3v) is 3.81. The summed E-state index contributed by atoms with van der Waals surface area (Å²) in [7, 11) is 0. The van der Waals surface area contributed by atoms with E-state index < -0.39 is 0 Å². The molecule has 86 valence electrons. The molecule has 0 spiro atoms. The molecule has 16 heavy (non-hydrogen) atoms. The van der Waals surface area contributed by atoms with Gasteiger partial charge < -0.3 is 10.1 Å². The zero-order valence-corrected chi connectivity index (χ0v) is 11.9. The SMILES string of the molecule is Brc1cccc(Br)c1NCC1CCC=CO1. The number of hydrogen-bond acceptors (Lipinski definition) is 2. The predicted molar refractivity (Wildman–Crippen MR) is 73.6 cm³/mol. The zero-order chi connectivity index (χ0) is 11.4. The van der Waals surface area contributed by atoms with Crippen LogP contribution in [0, 0.1) is 0 Å². The summed E-state index contributed by atoms with van der Waals surface area (Å²) < 4.78 is 7.63. The average molecular weight is 347 g/mol. The molecule has 0 saturated heterocycles. The van der Waals surface area contributed by atoms with Gasteiger partial charge in [-0.3, -0.25) is 0 Å². The van der Waals surface area contributed by atoms with Gasteiger partial charge in [0.1, 0.15) is 6.10 Å². The second-order valence-corrected chi connectivity index (χ2v) is 5.39. The Morgan fingerprint density at radius 3 is 2.69 bits per heavy atom. The van der Waals surface area contributed by atoms with Crippen LogP contribution in [-0.2, 0) is 4.74 Å². The van der Waals surface area contributed by atoms with Crippen molar-refractivity contribution in [2.75, 3.05) is 11.9 Å². The topological polar surface area (TPSA) is 21.3 Å². The maximum absolute atomic E-state index is 5.51. The van der Waals surface area contributed by atoms with Crippen LogP contribution in [0.5, 0.6) is 0 Å². The lowest BCUT2D eigenvalue weighted by Crippen LogP contribution is -2.23. The van der Waals surface area contributed by atoms with E-state index in [4.69, 9.17) is 4.74 Å². The smallest absolute Gasteiger partial charge is 0.115 e. The molecule has 0 aromatic heterocycles. The molecule has 0 saturated carbocycles. The van der Waals surface area contributed by atoms with Crippen LogP contribution in [0.4, 0.5) is 5.69 Å². The lowest BCUT2D eigenvalue weighted by atomic mass is 10.1. The summed E-state index contributed by atoms with van der Waals surface area (Å²) in [5.41, 5.74) is 1.08. The monoisotopic (exact) mass is 345 g/mol. The highest BCUT2D eigenvalue weighted by Gasteiger charge is 2.12. The van der Waals surface area contributed by atoms with Gasteiger partial charge in [-0.25, -0.2) is 0 Å². The molecule has 0 bridgehead atoms. The number of anilines is 1. The van der Waals surface area contributed by atoms with E-state index in [0.29, 0.717) is 0 Å². The van der Waals surface area contributed by atoms with Crippen LogP contribution in [0.2, 0.25) is 0 Å². The molecular weight excluding hydrogens is 334 g/mol. The van der Waals surface area contributed by atoms with Gasteiger partial charge in [0.05, 0.1) is 18.5 Å². The van der Waals surface area contributed by atoms with Gasteiger partial charge in [0.15, 0.2) is 0 Å². The molecule has 1 N–H and O–H groups in total. The van der Waals surface area contributed by atoms with Crippen molar-refractivity contribution in [1.82, 2.24) is 0 Å². The van der Waals surface area contributed by atoms with Crippen LogP contribution < -0.4 is 5.32 Å². The van der Waals surface area contributed by atoms with Gasteiger partial charge in [-0.15, -0.1) is 0 Å². The van der Waals surface area contributed by atoms with Crippen LogP contribution in [0.25, 0.3) is 0 Å². The quantitative estimate of drug-likeness (QED) is 0.880. The molecule has 1 aromatic carbocycles. The van der Waals surface area contributed by atoms with Gasteiger partial charge in [0.2, 0.25) is 0 Å². The Labute approximate surface area is 112 Å². The minimum absolute atomic E-state index is 0.268. The standard InChI is InChI=1S/C12H13Br2NO/c13-10-5-3-6-11(14)12(10)15-8-9-4-1-2-7-16-9/h2-3,5-7,9,15H,1,4,8H2. The first-order valence-electron chi connectivity index (χ1n) is 5.26. The minimum atomic E-state index is 0.268. The summed E-state index contributed by atoms with van der Waals surface area (Å²) in [6, 6.07) is 6.04. The molecule has 0 amide bonds. The zero-order valence-electron chi connectivity index (χ0n) is 8.75. The summed E-state index contributed by atoms with van der Waals surface area (Å²) in [4.78, 5) is 0. The molecule has 0 fully saturated rings. The summed E-state index contributed by atoms with van der Waals surface area (Å²) in [6.45, 7) is 0.825. The molecule has 1 aliphatic rings. The number of rotatable bonds is 3. The summed E-state index contributed by atoms with van der Waals surface area (Å²) in [5, 5.41) is 3.40. The Bertz CT molecular complexity index is 372. The molecule has 2 nitrogen and oxygen atoms in total. The predicted octanol–water partition coefficient (Wildman–Crippen LogP) is 4.32. The third-order valence-electron chi connectivity index (χ3n) is 2.49. The molecule has 1 atom stereocenters. The number of nitrogens with one attached hydrogen (secondary N) is 1. The highest BCUT2D eigenvalue weighted by molar-refractivity contribution is 9.11. The van der Waals surface area contributed by atoms with Gasteiger partial charge in [0, 0.05) is 8.95 Å². The highest BCUT2D eigenvalue weighted by atomic mass is 79.9. The third kappa shape index (κ3) is 3.01. The number of hydrogen-bond donors (Lipinski definition) is 1. The van der Waals surface area contributed by atoms with E-state index >= 15 is 0 Å².